The molecular formula is C9H16N2O2S. The summed E-state index contributed by atoms with van der Waals surface area (Å²) in [6.07, 6.45) is 0.860. The van der Waals surface area contributed by atoms with Crippen LogP contribution in [-0.4, -0.2) is 47.6 Å². The molecule has 0 atom stereocenters. The highest BCUT2D eigenvalue weighted by Crippen LogP contribution is 2.03. The minimum atomic E-state index is 0.0608. The Kier molecular flexibility index (Phi) is 8.39. The predicted octanol–water partition coefficient (Wildman–Crippen LogP) is 0.474. The Bertz CT molecular complexity index is 203. The number of nitrogens with zero attached hydrogens (tertiary/aromatic N) is 2. The molecule has 4 nitrogen and oxygen atoms in total. The molecule has 0 aliphatic rings. The van der Waals surface area contributed by atoms with Crippen LogP contribution < -0.4 is 0 Å². The third-order valence-electron chi connectivity index (χ3n) is 1.68. The smallest absolute Gasteiger partial charge is 0.223 e. The van der Waals surface area contributed by atoms with Gasteiger partial charge in [0.25, 0.3) is 0 Å². The number of aliphatic hydroxyl groups excluding tert-OH is 1. The number of carbonyl (C=O) groups is 1. The SMILES string of the molecule is CN(CCC#N)C(=O)CCSCCO. The van der Waals surface area contributed by atoms with Crippen molar-refractivity contribution < 1.29 is 9.90 Å². The highest BCUT2D eigenvalue weighted by atomic mass is 32.2. The first kappa shape index (κ1) is 13.3. The van der Waals surface area contributed by atoms with Crippen molar-refractivity contribution in [2.75, 3.05) is 31.7 Å². The lowest BCUT2D eigenvalue weighted by molar-refractivity contribution is -0.129. The van der Waals surface area contributed by atoms with Gasteiger partial charge in [-0.2, -0.15) is 17.0 Å². The molecule has 0 bridgehead atoms. The summed E-state index contributed by atoms with van der Waals surface area (Å²) >= 11 is 1.56. The van der Waals surface area contributed by atoms with Gasteiger partial charge < -0.3 is 10.0 Å². The van der Waals surface area contributed by atoms with E-state index in [1.54, 1.807) is 23.7 Å². The zero-order valence-electron chi connectivity index (χ0n) is 8.40. The van der Waals surface area contributed by atoms with Gasteiger partial charge in [-0.3, -0.25) is 4.79 Å². The standard InChI is InChI=1S/C9H16N2O2S/c1-11(5-2-4-10)9(13)3-7-14-8-6-12/h12H,2-3,5-8H2,1H3. The summed E-state index contributed by atoms with van der Waals surface area (Å²) in [6.45, 7) is 0.656. The Balaban J connectivity index is 3.48. The zero-order valence-corrected chi connectivity index (χ0v) is 9.22. The number of carbonyl (C=O) groups excluding carboxylic acids is 1. The summed E-state index contributed by atoms with van der Waals surface area (Å²) in [5.41, 5.74) is 0. The summed E-state index contributed by atoms with van der Waals surface area (Å²) in [5, 5.41) is 16.8. The molecule has 0 rings (SSSR count). The number of aliphatic hydroxyl groups is 1. The average Bonchev–Trinajstić information content (AvgIpc) is 2.20. The summed E-state index contributed by atoms with van der Waals surface area (Å²) in [4.78, 5) is 12.9. The number of amides is 1. The van der Waals surface area contributed by atoms with Crippen molar-refractivity contribution in [1.29, 1.82) is 5.26 Å². The van der Waals surface area contributed by atoms with Crippen LogP contribution in [0.15, 0.2) is 0 Å². The van der Waals surface area contributed by atoms with Crippen molar-refractivity contribution in [3.8, 4) is 6.07 Å². The first-order chi connectivity index (χ1) is 6.72. The number of hydrogen-bond donors (Lipinski definition) is 1. The lowest BCUT2D eigenvalue weighted by atomic mass is 10.3. The summed E-state index contributed by atoms with van der Waals surface area (Å²) in [5.74, 6) is 1.47. The fourth-order valence-electron chi connectivity index (χ4n) is 0.859. The Morgan fingerprint density at radius 2 is 2.29 bits per heavy atom. The van der Waals surface area contributed by atoms with Crippen LogP contribution in [0.4, 0.5) is 0 Å². The normalized spacial score (nSPS) is 9.50. The molecule has 0 fully saturated rings. The Hall–Kier alpha value is -0.730. The number of rotatable bonds is 7. The number of nitriles is 1. The zero-order chi connectivity index (χ0) is 10.8. The Morgan fingerprint density at radius 1 is 1.57 bits per heavy atom. The molecule has 0 aliphatic heterocycles. The molecule has 0 aliphatic carbocycles. The van der Waals surface area contributed by atoms with E-state index in [4.69, 9.17) is 10.4 Å². The van der Waals surface area contributed by atoms with E-state index in [-0.39, 0.29) is 12.5 Å². The first-order valence-electron chi connectivity index (χ1n) is 4.52. The van der Waals surface area contributed by atoms with Gasteiger partial charge >= 0.3 is 0 Å². The molecule has 5 heteroatoms. The molecule has 0 aromatic rings. The van der Waals surface area contributed by atoms with Crippen LogP contribution in [0.3, 0.4) is 0 Å². The van der Waals surface area contributed by atoms with E-state index in [2.05, 4.69) is 0 Å². The van der Waals surface area contributed by atoms with Crippen LogP contribution in [-0.2, 0) is 4.79 Å². The van der Waals surface area contributed by atoms with E-state index in [0.29, 0.717) is 25.1 Å². The monoisotopic (exact) mass is 216 g/mol. The predicted molar refractivity (Wildman–Crippen MR) is 56.9 cm³/mol. The van der Waals surface area contributed by atoms with E-state index in [9.17, 15) is 4.79 Å². The number of hydrogen-bond acceptors (Lipinski definition) is 4. The van der Waals surface area contributed by atoms with E-state index in [1.807, 2.05) is 6.07 Å². The molecule has 0 spiro atoms. The highest BCUT2D eigenvalue weighted by molar-refractivity contribution is 7.99. The summed E-state index contributed by atoms with van der Waals surface area (Å²) in [6, 6.07) is 2.00. The Labute approximate surface area is 88.9 Å². The molecule has 0 aromatic carbocycles. The summed E-state index contributed by atoms with van der Waals surface area (Å²) < 4.78 is 0. The molecule has 1 amide bonds. The largest absolute Gasteiger partial charge is 0.396 e. The molecule has 0 unspecified atom stereocenters. The highest BCUT2D eigenvalue weighted by Gasteiger charge is 2.06. The first-order valence-corrected chi connectivity index (χ1v) is 5.67. The molecule has 0 radical (unpaired) electrons. The molecule has 1 N–H and O–H groups in total. The fourth-order valence-corrected chi connectivity index (χ4v) is 1.51. The third-order valence-corrected chi connectivity index (χ3v) is 2.64. The van der Waals surface area contributed by atoms with Crippen LogP contribution in [0.1, 0.15) is 12.8 Å². The van der Waals surface area contributed by atoms with Gasteiger partial charge in [-0.15, -0.1) is 0 Å². The third kappa shape index (κ3) is 6.75. The average molecular weight is 216 g/mol. The van der Waals surface area contributed by atoms with Crippen molar-refractivity contribution in [1.82, 2.24) is 4.90 Å². The van der Waals surface area contributed by atoms with Gasteiger partial charge in [0.2, 0.25) is 5.91 Å². The fraction of sp³-hybridized carbons (Fsp3) is 0.778. The van der Waals surface area contributed by atoms with Crippen LogP contribution in [0, 0.1) is 11.3 Å². The second-order valence-corrected chi connectivity index (χ2v) is 4.03. The van der Waals surface area contributed by atoms with Crippen LogP contribution in [0.25, 0.3) is 0 Å². The van der Waals surface area contributed by atoms with Crippen molar-refractivity contribution in [2.24, 2.45) is 0 Å². The van der Waals surface area contributed by atoms with Crippen molar-refractivity contribution in [2.45, 2.75) is 12.8 Å². The quantitative estimate of drug-likeness (QED) is 0.628. The van der Waals surface area contributed by atoms with Crippen molar-refractivity contribution in [3.63, 3.8) is 0 Å². The maximum absolute atomic E-state index is 11.4. The molecule has 80 valence electrons. The molecule has 0 saturated carbocycles. The van der Waals surface area contributed by atoms with Crippen LogP contribution in [0.5, 0.6) is 0 Å². The van der Waals surface area contributed by atoms with E-state index >= 15 is 0 Å². The lowest BCUT2D eigenvalue weighted by Gasteiger charge is -2.14. The number of thioether (sulfide) groups is 1. The molecule has 14 heavy (non-hydrogen) atoms. The topological polar surface area (TPSA) is 64.3 Å². The molecule has 0 aromatic heterocycles. The van der Waals surface area contributed by atoms with Crippen LogP contribution >= 0.6 is 11.8 Å². The van der Waals surface area contributed by atoms with Gasteiger partial charge in [-0.05, 0) is 0 Å². The van der Waals surface area contributed by atoms with Gasteiger partial charge in [0, 0.05) is 31.5 Å². The van der Waals surface area contributed by atoms with Gasteiger partial charge in [0.15, 0.2) is 0 Å². The van der Waals surface area contributed by atoms with E-state index < -0.39 is 0 Å². The molecule has 0 heterocycles. The van der Waals surface area contributed by atoms with E-state index in [0.717, 1.165) is 5.75 Å². The minimum absolute atomic E-state index is 0.0608. The maximum Gasteiger partial charge on any atom is 0.223 e. The van der Waals surface area contributed by atoms with Gasteiger partial charge in [-0.25, -0.2) is 0 Å². The lowest BCUT2D eigenvalue weighted by Crippen LogP contribution is -2.27. The van der Waals surface area contributed by atoms with Gasteiger partial charge in [0.05, 0.1) is 19.1 Å². The minimum Gasteiger partial charge on any atom is -0.396 e. The molecule has 0 saturated heterocycles. The second-order valence-electron chi connectivity index (χ2n) is 2.81. The van der Waals surface area contributed by atoms with Gasteiger partial charge in [-0.1, -0.05) is 0 Å². The van der Waals surface area contributed by atoms with Gasteiger partial charge in [0.1, 0.15) is 0 Å². The second kappa shape index (κ2) is 8.85. The Morgan fingerprint density at radius 3 is 2.86 bits per heavy atom. The van der Waals surface area contributed by atoms with Crippen molar-refractivity contribution >= 4 is 17.7 Å². The van der Waals surface area contributed by atoms with Crippen LogP contribution in [0.2, 0.25) is 0 Å². The summed E-state index contributed by atoms with van der Waals surface area (Å²) in [7, 11) is 1.70. The van der Waals surface area contributed by atoms with Crippen molar-refractivity contribution in [3.05, 3.63) is 0 Å². The van der Waals surface area contributed by atoms with E-state index in [1.165, 1.54) is 0 Å². The maximum atomic E-state index is 11.4. The molecular weight excluding hydrogens is 200 g/mol.